The highest BCUT2D eigenvalue weighted by Crippen LogP contribution is 2.34. The van der Waals surface area contributed by atoms with E-state index in [4.69, 9.17) is 10.2 Å². The van der Waals surface area contributed by atoms with E-state index in [0.717, 1.165) is 35.6 Å². The zero-order valence-electron chi connectivity index (χ0n) is 13.3. The summed E-state index contributed by atoms with van der Waals surface area (Å²) in [6.45, 7) is 1.99. The Morgan fingerprint density at radius 3 is 2.25 bits per heavy atom. The summed E-state index contributed by atoms with van der Waals surface area (Å²) in [5.74, 6) is 0. The van der Waals surface area contributed by atoms with E-state index in [1.807, 2.05) is 24.3 Å². The summed E-state index contributed by atoms with van der Waals surface area (Å²) in [6.07, 6.45) is 0. The van der Waals surface area contributed by atoms with Crippen molar-refractivity contribution in [2.45, 2.75) is 13.1 Å². The average Bonchev–Trinajstić information content (AvgIpc) is 3.04. The van der Waals surface area contributed by atoms with Gasteiger partial charge in [0, 0.05) is 24.2 Å². The average molecular weight is 311 g/mol. The van der Waals surface area contributed by atoms with Crippen LogP contribution in [-0.2, 0) is 13.1 Å². The van der Waals surface area contributed by atoms with Crippen LogP contribution in [0.3, 0.4) is 0 Å². The van der Waals surface area contributed by atoms with Gasteiger partial charge in [-0.05, 0) is 17.2 Å². The highest BCUT2D eigenvalue weighted by molar-refractivity contribution is 5.81. The lowest BCUT2D eigenvalue weighted by Crippen LogP contribution is -2.16. The molecule has 1 aliphatic rings. The highest BCUT2D eigenvalue weighted by Gasteiger charge is 2.23. The number of hydrogen-bond donors (Lipinski definition) is 0. The number of aromatic nitrogens is 1. The molecular formula is C21H17N3. The van der Waals surface area contributed by atoms with Gasteiger partial charge in [0.1, 0.15) is 0 Å². The van der Waals surface area contributed by atoms with Gasteiger partial charge in [0.15, 0.2) is 0 Å². The van der Waals surface area contributed by atoms with Crippen LogP contribution in [0, 0.1) is 11.3 Å². The molecule has 3 aromatic rings. The van der Waals surface area contributed by atoms with Crippen LogP contribution in [0.5, 0.6) is 0 Å². The topological polar surface area (TPSA) is 39.9 Å². The quantitative estimate of drug-likeness (QED) is 0.679. The van der Waals surface area contributed by atoms with Gasteiger partial charge in [-0.25, -0.2) is 0 Å². The van der Waals surface area contributed by atoms with Gasteiger partial charge in [-0.3, -0.25) is 9.88 Å². The maximum Gasteiger partial charge on any atom is 0.0872 e. The van der Waals surface area contributed by atoms with E-state index >= 15 is 0 Å². The molecule has 1 aromatic heterocycles. The molecule has 2 aromatic carbocycles. The van der Waals surface area contributed by atoms with Gasteiger partial charge < -0.3 is 0 Å². The standard InChI is InChI=1S/C21H17N3/c22-11-12-24-14-18-13-19(16-7-3-1-4-8-16)21(23-20(18)15-24)17-9-5-2-6-10-17/h1-10,13H,12,14-15H2. The molecule has 116 valence electrons. The molecule has 0 unspecified atom stereocenters. The minimum atomic E-state index is 0.442. The smallest absolute Gasteiger partial charge is 0.0872 e. The van der Waals surface area contributed by atoms with Crippen LogP contribution in [0.2, 0.25) is 0 Å². The van der Waals surface area contributed by atoms with Crippen LogP contribution in [0.4, 0.5) is 0 Å². The van der Waals surface area contributed by atoms with Crippen molar-refractivity contribution in [1.82, 2.24) is 9.88 Å². The van der Waals surface area contributed by atoms with Crippen molar-refractivity contribution in [3.8, 4) is 28.5 Å². The summed E-state index contributed by atoms with van der Waals surface area (Å²) in [5.41, 5.74) is 6.77. The molecule has 0 aliphatic carbocycles. The number of benzene rings is 2. The number of fused-ring (bicyclic) bond motifs is 1. The third-order valence-electron chi connectivity index (χ3n) is 4.38. The Kier molecular flexibility index (Phi) is 3.82. The van der Waals surface area contributed by atoms with E-state index < -0.39 is 0 Å². The second-order valence-electron chi connectivity index (χ2n) is 6.03. The Hall–Kier alpha value is -2.96. The van der Waals surface area contributed by atoms with Crippen LogP contribution in [0.25, 0.3) is 22.4 Å². The van der Waals surface area contributed by atoms with Gasteiger partial charge in [-0.2, -0.15) is 5.26 Å². The first-order valence-electron chi connectivity index (χ1n) is 8.08. The van der Waals surface area contributed by atoms with E-state index in [9.17, 15) is 0 Å². The summed E-state index contributed by atoms with van der Waals surface area (Å²) >= 11 is 0. The van der Waals surface area contributed by atoms with Crippen molar-refractivity contribution in [3.05, 3.63) is 78.0 Å². The maximum absolute atomic E-state index is 8.96. The summed E-state index contributed by atoms with van der Waals surface area (Å²) in [7, 11) is 0. The van der Waals surface area contributed by atoms with E-state index in [1.165, 1.54) is 11.1 Å². The summed E-state index contributed by atoms with van der Waals surface area (Å²) in [6, 6.07) is 25.2. The highest BCUT2D eigenvalue weighted by atomic mass is 15.1. The third kappa shape index (κ3) is 2.68. The van der Waals surface area contributed by atoms with Crippen LogP contribution in [-0.4, -0.2) is 16.4 Å². The fraction of sp³-hybridized carbons (Fsp3) is 0.143. The number of nitrogens with zero attached hydrogens (tertiary/aromatic N) is 3. The fourth-order valence-corrected chi connectivity index (χ4v) is 3.24. The lowest BCUT2D eigenvalue weighted by Gasteiger charge is -2.12. The molecule has 0 spiro atoms. The van der Waals surface area contributed by atoms with Crippen LogP contribution >= 0.6 is 0 Å². The van der Waals surface area contributed by atoms with E-state index in [2.05, 4.69) is 53.4 Å². The van der Waals surface area contributed by atoms with E-state index in [-0.39, 0.29) is 0 Å². The first-order chi connectivity index (χ1) is 11.8. The summed E-state index contributed by atoms with van der Waals surface area (Å²) < 4.78 is 0. The molecule has 2 heterocycles. The Morgan fingerprint density at radius 2 is 1.58 bits per heavy atom. The van der Waals surface area contributed by atoms with Gasteiger partial charge in [0.05, 0.1) is 24.0 Å². The zero-order chi connectivity index (χ0) is 16.4. The third-order valence-corrected chi connectivity index (χ3v) is 4.38. The molecule has 0 bridgehead atoms. The zero-order valence-corrected chi connectivity index (χ0v) is 13.3. The molecule has 0 saturated carbocycles. The molecule has 0 fully saturated rings. The van der Waals surface area contributed by atoms with Gasteiger partial charge in [-0.15, -0.1) is 0 Å². The minimum Gasteiger partial charge on any atom is -0.280 e. The molecule has 0 N–H and O–H groups in total. The first kappa shape index (κ1) is 14.6. The van der Waals surface area contributed by atoms with Crippen molar-refractivity contribution in [3.63, 3.8) is 0 Å². The predicted molar refractivity (Wildman–Crippen MR) is 94.8 cm³/mol. The lowest BCUT2D eigenvalue weighted by molar-refractivity contribution is 0.319. The monoisotopic (exact) mass is 311 g/mol. The largest absolute Gasteiger partial charge is 0.280 e. The Morgan fingerprint density at radius 1 is 0.917 bits per heavy atom. The van der Waals surface area contributed by atoms with Crippen molar-refractivity contribution in [2.75, 3.05) is 6.54 Å². The Bertz CT molecular complexity index is 827. The van der Waals surface area contributed by atoms with Gasteiger partial charge in [0.25, 0.3) is 0 Å². The van der Waals surface area contributed by atoms with Crippen molar-refractivity contribution >= 4 is 0 Å². The molecule has 0 radical (unpaired) electrons. The minimum absolute atomic E-state index is 0.442. The van der Waals surface area contributed by atoms with Crippen LogP contribution < -0.4 is 0 Å². The van der Waals surface area contributed by atoms with Gasteiger partial charge >= 0.3 is 0 Å². The normalized spacial score (nSPS) is 13.5. The molecule has 4 rings (SSSR count). The van der Waals surface area contributed by atoms with Gasteiger partial charge in [0.2, 0.25) is 0 Å². The summed E-state index contributed by atoms with van der Waals surface area (Å²) in [5, 5.41) is 8.96. The molecule has 24 heavy (non-hydrogen) atoms. The number of rotatable bonds is 3. The Labute approximate surface area is 141 Å². The maximum atomic E-state index is 8.96. The number of nitriles is 1. The lowest BCUT2D eigenvalue weighted by atomic mass is 9.97. The molecule has 3 nitrogen and oxygen atoms in total. The molecular weight excluding hydrogens is 294 g/mol. The predicted octanol–water partition coefficient (Wildman–Crippen LogP) is 4.25. The molecule has 3 heteroatoms. The molecule has 1 aliphatic heterocycles. The van der Waals surface area contributed by atoms with Crippen molar-refractivity contribution < 1.29 is 0 Å². The van der Waals surface area contributed by atoms with Crippen LogP contribution in [0.15, 0.2) is 66.7 Å². The van der Waals surface area contributed by atoms with Gasteiger partial charge in [-0.1, -0.05) is 60.7 Å². The van der Waals surface area contributed by atoms with E-state index in [0.29, 0.717) is 6.54 Å². The number of pyridine rings is 1. The Balaban J connectivity index is 1.87. The molecule has 0 saturated heterocycles. The second kappa shape index (κ2) is 6.27. The number of hydrogen-bond acceptors (Lipinski definition) is 3. The fourth-order valence-electron chi connectivity index (χ4n) is 3.24. The SMILES string of the molecule is N#CCN1Cc2cc(-c3ccccc3)c(-c3ccccc3)nc2C1. The van der Waals surface area contributed by atoms with Crippen LogP contribution in [0.1, 0.15) is 11.3 Å². The second-order valence-corrected chi connectivity index (χ2v) is 6.03. The van der Waals surface area contributed by atoms with E-state index in [1.54, 1.807) is 0 Å². The molecule has 0 amide bonds. The molecule has 0 atom stereocenters. The van der Waals surface area contributed by atoms with Crippen molar-refractivity contribution in [2.24, 2.45) is 0 Å². The summed E-state index contributed by atoms with van der Waals surface area (Å²) in [4.78, 5) is 7.11. The van der Waals surface area contributed by atoms with Crippen molar-refractivity contribution in [1.29, 1.82) is 5.26 Å². The first-order valence-corrected chi connectivity index (χ1v) is 8.08.